The molecule has 2 amide bonds. The van der Waals surface area contributed by atoms with Gasteiger partial charge >= 0.3 is 5.97 Å². The Morgan fingerprint density at radius 2 is 1.52 bits per heavy atom. The van der Waals surface area contributed by atoms with E-state index in [1.807, 2.05) is 0 Å². The SMILES string of the molecule is O=C(O)CCCCCOc1ccc(NC(=O)c2c(O)c3cc(NC(=O)c4ccc(F)cc4)ccc3[nH]c2=O)cc1. The highest BCUT2D eigenvalue weighted by Gasteiger charge is 2.20. The lowest BCUT2D eigenvalue weighted by Gasteiger charge is -2.11. The van der Waals surface area contributed by atoms with E-state index >= 15 is 0 Å². The second-order valence-electron chi connectivity index (χ2n) is 8.93. The van der Waals surface area contributed by atoms with Crippen molar-refractivity contribution in [2.45, 2.75) is 25.7 Å². The zero-order valence-electron chi connectivity index (χ0n) is 21.2. The van der Waals surface area contributed by atoms with E-state index in [1.165, 1.54) is 30.3 Å². The zero-order valence-corrected chi connectivity index (χ0v) is 21.2. The van der Waals surface area contributed by atoms with Gasteiger partial charge in [0.15, 0.2) is 0 Å². The Hall–Kier alpha value is -5.19. The minimum atomic E-state index is -0.839. The van der Waals surface area contributed by atoms with Crippen LogP contribution in [0, 0.1) is 5.82 Å². The monoisotopic (exact) mass is 547 g/mol. The molecule has 206 valence electrons. The van der Waals surface area contributed by atoms with Gasteiger partial charge in [-0.2, -0.15) is 0 Å². The summed E-state index contributed by atoms with van der Waals surface area (Å²) in [4.78, 5) is 51.1. The van der Waals surface area contributed by atoms with Crippen LogP contribution < -0.4 is 20.9 Å². The molecule has 40 heavy (non-hydrogen) atoms. The van der Waals surface area contributed by atoms with E-state index in [2.05, 4.69) is 15.6 Å². The lowest BCUT2D eigenvalue weighted by atomic mass is 10.1. The average Bonchev–Trinajstić information content (AvgIpc) is 2.92. The van der Waals surface area contributed by atoms with Gasteiger partial charge in [-0.15, -0.1) is 0 Å². The minimum absolute atomic E-state index is 0.124. The summed E-state index contributed by atoms with van der Waals surface area (Å²) in [6.07, 6.45) is 2.13. The number of amides is 2. The number of aromatic nitrogens is 1. The Labute approximate surface area is 227 Å². The van der Waals surface area contributed by atoms with Crippen LogP contribution >= 0.6 is 0 Å². The van der Waals surface area contributed by atoms with Gasteiger partial charge in [-0.3, -0.25) is 19.2 Å². The van der Waals surface area contributed by atoms with Crippen molar-refractivity contribution in [2.24, 2.45) is 0 Å². The third kappa shape index (κ3) is 7.01. The second-order valence-corrected chi connectivity index (χ2v) is 8.93. The Bertz CT molecular complexity index is 1600. The van der Waals surface area contributed by atoms with E-state index in [1.54, 1.807) is 24.3 Å². The topological polar surface area (TPSA) is 158 Å². The van der Waals surface area contributed by atoms with Gasteiger partial charge in [-0.1, -0.05) is 0 Å². The van der Waals surface area contributed by atoms with Crippen molar-refractivity contribution in [3.05, 3.63) is 94.0 Å². The highest BCUT2D eigenvalue weighted by atomic mass is 19.1. The number of carboxylic acid groups (broad SMARTS) is 1. The zero-order chi connectivity index (χ0) is 28.6. The lowest BCUT2D eigenvalue weighted by molar-refractivity contribution is -0.137. The number of hydrogen-bond donors (Lipinski definition) is 5. The maximum Gasteiger partial charge on any atom is 0.303 e. The number of pyridine rings is 1. The van der Waals surface area contributed by atoms with Gasteiger partial charge in [0.1, 0.15) is 22.9 Å². The molecule has 0 atom stereocenters. The molecule has 0 bridgehead atoms. The molecule has 11 heteroatoms. The summed E-state index contributed by atoms with van der Waals surface area (Å²) in [5.74, 6) is -2.66. The van der Waals surface area contributed by atoms with Gasteiger partial charge in [0.2, 0.25) is 0 Å². The average molecular weight is 548 g/mol. The number of carbonyl (C=O) groups is 3. The predicted octanol–water partition coefficient (Wildman–Crippen LogP) is 4.90. The normalized spacial score (nSPS) is 10.7. The number of hydrogen-bond acceptors (Lipinski definition) is 6. The molecule has 5 N–H and O–H groups in total. The molecule has 4 rings (SSSR count). The van der Waals surface area contributed by atoms with E-state index in [0.717, 1.165) is 18.6 Å². The number of halogens is 1. The van der Waals surface area contributed by atoms with Crippen molar-refractivity contribution in [2.75, 3.05) is 17.2 Å². The molecule has 0 aliphatic rings. The number of ether oxygens (including phenoxy) is 1. The van der Waals surface area contributed by atoms with Gasteiger partial charge in [0.25, 0.3) is 17.4 Å². The molecular formula is C29H26FN3O7. The van der Waals surface area contributed by atoms with E-state index in [-0.39, 0.29) is 28.6 Å². The van der Waals surface area contributed by atoms with Gasteiger partial charge < -0.3 is 30.6 Å². The van der Waals surface area contributed by atoms with Crippen molar-refractivity contribution >= 4 is 40.1 Å². The van der Waals surface area contributed by atoms with E-state index in [0.29, 0.717) is 30.9 Å². The third-order valence-electron chi connectivity index (χ3n) is 5.99. The van der Waals surface area contributed by atoms with E-state index < -0.39 is 40.5 Å². The van der Waals surface area contributed by atoms with Crippen molar-refractivity contribution in [1.29, 1.82) is 0 Å². The first-order valence-corrected chi connectivity index (χ1v) is 12.4. The summed E-state index contributed by atoms with van der Waals surface area (Å²) < 4.78 is 18.8. The minimum Gasteiger partial charge on any atom is -0.506 e. The molecule has 0 spiro atoms. The number of aliphatic carboxylic acids is 1. The van der Waals surface area contributed by atoms with Crippen LogP contribution in [0.3, 0.4) is 0 Å². The highest BCUT2D eigenvalue weighted by Crippen LogP contribution is 2.28. The first-order valence-electron chi connectivity index (χ1n) is 12.4. The number of aromatic amines is 1. The molecule has 0 radical (unpaired) electrons. The van der Waals surface area contributed by atoms with Crippen molar-refractivity contribution < 1.29 is 33.7 Å². The molecule has 0 saturated heterocycles. The fourth-order valence-electron chi connectivity index (χ4n) is 3.94. The van der Waals surface area contributed by atoms with E-state index in [9.17, 15) is 28.7 Å². The number of fused-ring (bicyclic) bond motifs is 1. The first-order chi connectivity index (χ1) is 19.2. The number of carboxylic acids is 1. The number of rotatable bonds is 11. The molecule has 0 aliphatic carbocycles. The summed E-state index contributed by atoms with van der Waals surface area (Å²) in [6, 6.07) is 15.8. The standard InChI is InChI=1S/C29H26FN3O7/c30-18-7-5-17(6-8-18)27(37)32-20-11-14-23-22(16-20)26(36)25(29(39)33-23)28(38)31-19-9-12-21(13-10-19)40-15-3-1-2-4-24(34)35/h5-14,16H,1-4,15H2,(H,31,38)(H,32,37)(H,34,35)(H2,33,36,39). The van der Waals surface area contributed by atoms with Crippen molar-refractivity contribution in [3.63, 3.8) is 0 Å². The summed E-state index contributed by atoms with van der Waals surface area (Å²) in [5, 5.41) is 24.8. The number of carbonyl (C=O) groups excluding carboxylic acids is 2. The molecule has 1 heterocycles. The smallest absolute Gasteiger partial charge is 0.303 e. The Kier molecular flexibility index (Phi) is 8.75. The van der Waals surface area contributed by atoms with E-state index in [4.69, 9.17) is 9.84 Å². The number of aromatic hydroxyl groups is 1. The first kappa shape index (κ1) is 27.8. The van der Waals surface area contributed by atoms with Gasteiger partial charge in [0.05, 0.1) is 12.1 Å². The van der Waals surface area contributed by atoms with Crippen LogP contribution in [0.4, 0.5) is 15.8 Å². The van der Waals surface area contributed by atoms with Crippen LogP contribution in [-0.2, 0) is 4.79 Å². The largest absolute Gasteiger partial charge is 0.506 e. The van der Waals surface area contributed by atoms with Crippen LogP contribution in [0.1, 0.15) is 46.4 Å². The number of anilines is 2. The quantitative estimate of drug-likeness (QED) is 0.167. The van der Waals surface area contributed by atoms with Crippen LogP contribution in [0.15, 0.2) is 71.5 Å². The van der Waals surface area contributed by atoms with Crippen molar-refractivity contribution in [3.8, 4) is 11.5 Å². The molecule has 1 aromatic heterocycles. The van der Waals surface area contributed by atoms with Gasteiger partial charge in [-0.25, -0.2) is 4.39 Å². The Balaban J connectivity index is 1.43. The third-order valence-corrected chi connectivity index (χ3v) is 5.99. The van der Waals surface area contributed by atoms with Crippen molar-refractivity contribution in [1.82, 2.24) is 4.98 Å². The molecule has 4 aromatic rings. The van der Waals surface area contributed by atoms with Gasteiger partial charge in [-0.05, 0) is 86.0 Å². The maximum atomic E-state index is 13.1. The summed E-state index contributed by atoms with van der Waals surface area (Å²) in [5.41, 5.74) is -0.182. The fraction of sp³-hybridized carbons (Fsp3) is 0.172. The highest BCUT2D eigenvalue weighted by molar-refractivity contribution is 6.10. The van der Waals surface area contributed by atoms with Crippen LogP contribution in [0.25, 0.3) is 10.9 Å². The fourth-order valence-corrected chi connectivity index (χ4v) is 3.94. The molecular weight excluding hydrogens is 521 g/mol. The number of H-pyrrole nitrogens is 1. The van der Waals surface area contributed by atoms with Crippen LogP contribution in [-0.4, -0.2) is 39.6 Å². The molecule has 0 saturated carbocycles. The summed E-state index contributed by atoms with van der Waals surface area (Å²) >= 11 is 0. The maximum absolute atomic E-state index is 13.1. The number of nitrogens with one attached hydrogen (secondary N) is 3. The molecule has 10 nitrogen and oxygen atoms in total. The Morgan fingerprint density at radius 1 is 0.850 bits per heavy atom. The lowest BCUT2D eigenvalue weighted by Crippen LogP contribution is -2.23. The molecule has 3 aromatic carbocycles. The Morgan fingerprint density at radius 3 is 2.23 bits per heavy atom. The number of benzene rings is 3. The van der Waals surface area contributed by atoms with Crippen LogP contribution in [0.2, 0.25) is 0 Å². The summed E-state index contributed by atoms with van der Waals surface area (Å²) in [6.45, 7) is 0.415. The van der Waals surface area contributed by atoms with Crippen LogP contribution in [0.5, 0.6) is 11.5 Å². The summed E-state index contributed by atoms with van der Waals surface area (Å²) in [7, 11) is 0. The molecule has 0 aliphatic heterocycles. The number of unbranched alkanes of at least 4 members (excludes halogenated alkanes) is 2. The molecule has 0 unspecified atom stereocenters. The molecule has 0 fully saturated rings. The predicted molar refractivity (Wildman–Crippen MR) is 147 cm³/mol. The van der Waals surface area contributed by atoms with Gasteiger partial charge in [0, 0.05) is 28.7 Å². The second kappa shape index (κ2) is 12.6.